The summed E-state index contributed by atoms with van der Waals surface area (Å²) in [5.74, 6) is -0.108. The van der Waals surface area contributed by atoms with Gasteiger partial charge >= 0.3 is 0 Å². The minimum atomic E-state index is -1.06. The lowest BCUT2D eigenvalue weighted by Gasteiger charge is -2.05. The first-order chi connectivity index (χ1) is 6.02. The van der Waals surface area contributed by atoms with Crippen molar-refractivity contribution in [3.05, 3.63) is 34.3 Å². The zero-order valence-corrected chi connectivity index (χ0v) is 8.23. The molecular weight excluding hydrogens is 191 g/mol. The first-order valence-corrected chi connectivity index (χ1v) is 4.34. The molecule has 70 valence electrons. The maximum Gasteiger partial charge on any atom is 0.161 e. The van der Waals surface area contributed by atoms with E-state index < -0.39 is 6.17 Å². The average molecular weight is 201 g/mol. The number of carbonyl (C=O) groups excluding carboxylic acids is 1. The summed E-state index contributed by atoms with van der Waals surface area (Å²) >= 11 is 5.78. The van der Waals surface area contributed by atoms with Gasteiger partial charge in [-0.25, -0.2) is 4.39 Å². The highest BCUT2D eigenvalue weighted by Crippen LogP contribution is 2.23. The van der Waals surface area contributed by atoms with Gasteiger partial charge in [0.15, 0.2) is 5.78 Å². The summed E-state index contributed by atoms with van der Waals surface area (Å²) in [6, 6.07) is 4.62. The predicted molar refractivity (Wildman–Crippen MR) is 51.0 cm³/mol. The standard InChI is InChI=1S/C10H10ClFO/c1-6(12)8-3-4-9(7(2)13)10(11)5-8/h3-6H,1-2H3. The molecule has 0 N–H and O–H groups in total. The average Bonchev–Trinajstić information content (AvgIpc) is 2.03. The second-order valence-corrected chi connectivity index (χ2v) is 3.32. The van der Waals surface area contributed by atoms with Crippen LogP contribution in [0.1, 0.15) is 35.9 Å². The van der Waals surface area contributed by atoms with Gasteiger partial charge in [-0.3, -0.25) is 4.79 Å². The number of hydrogen-bond acceptors (Lipinski definition) is 1. The zero-order valence-electron chi connectivity index (χ0n) is 7.47. The van der Waals surface area contributed by atoms with E-state index >= 15 is 0 Å². The number of halogens is 2. The summed E-state index contributed by atoms with van der Waals surface area (Å²) < 4.78 is 12.8. The van der Waals surface area contributed by atoms with Crippen molar-refractivity contribution in [1.82, 2.24) is 0 Å². The van der Waals surface area contributed by atoms with Crippen LogP contribution in [0.5, 0.6) is 0 Å². The van der Waals surface area contributed by atoms with E-state index in [1.165, 1.54) is 19.9 Å². The lowest BCUT2D eigenvalue weighted by atomic mass is 10.1. The minimum absolute atomic E-state index is 0.108. The van der Waals surface area contributed by atoms with Crippen LogP contribution < -0.4 is 0 Å². The molecule has 3 heteroatoms. The van der Waals surface area contributed by atoms with Gasteiger partial charge in [0.25, 0.3) is 0 Å². The molecule has 1 aromatic rings. The highest BCUT2D eigenvalue weighted by molar-refractivity contribution is 6.33. The van der Waals surface area contributed by atoms with Crippen molar-refractivity contribution >= 4 is 17.4 Å². The Morgan fingerprint density at radius 2 is 2.15 bits per heavy atom. The molecule has 0 aliphatic rings. The van der Waals surface area contributed by atoms with Crippen LogP contribution in [0.15, 0.2) is 18.2 Å². The number of carbonyl (C=O) groups is 1. The van der Waals surface area contributed by atoms with Crippen LogP contribution in [-0.4, -0.2) is 5.78 Å². The molecule has 0 aliphatic heterocycles. The summed E-state index contributed by atoms with van der Waals surface area (Å²) in [6.45, 7) is 2.86. The largest absolute Gasteiger partial charge is 0.294 e. The van der Waals surface area contributed by atoms with Gasteiger partial charge < -0.3 is 0 Å². The van der Waals surface area contributed by atoms with E-state index in [1.807, 2.05) is 0 Å². The van der Waals surface area contributed by atoms with Crippen molar-refractivity contribution in [2.75, 3.05) is 0 Å². The molecule has 1 nitrogen and oxygen atoms in total. The van der Waals surface area contributed by atoms with Crippen molar-refractivity contribution in [3.63, 3.8) is 0 Å². The van der Waals surface area contributed by atoms with Crippen molar-refractivity contribution in [2.24, 2.45) is 0 Å². The summed E-state index contributed by atoms with van der Waals surface area (Å²) in [5, 5.41) is 0.314. The molecule has 0 aliphatic carbocycles. The fourth-order valence-corrected chi connectivity index (χ4v) is 1.39. The van der Waals surface area contributed by atoms with Gasteiger partial charge in [0.2, 0.25) is 0 Å². The molecule has 0 saturated heterocycles. The summed E-state index contributed by atoms with van der Waals surface area (Å²) in [6.07, 6.45) is -1.06. The van der Waals surface area contributed by atoms with E-state index in [4.69, 9.17) is 11.6 Å². The summed E-state index contributed by atoms with van der Waals surface area (Å²) in [4.78, 5) is 11.0. The number of Topliss-reactive ketones (excluding diaryl/α,β-unsaturated/α-hetero) is 1. The third-order valence-corrected chi connectivity index (χ3v) is 2.14. The smallest absolute Gasteiger partial charge is 0.161 e. The van der Waals surface area contributed by atoms with Crippen LogP contribution in [0.2, 0.25) is 5.02 Å². The topological polar surface area (TPSA) is 17.1 Å². The molecule has 0 heterocycles. The van der Waals surface area contributed by atoms with Crippen molar-refractivity contribution in [1.29, 1.82) is 0 Å². The van der Waals surface area contributed by atoms with E-state index in [-0.39, 0.29) is 5.78 Å². The molecule has 0 saturated carbocycles. The lowest BCUT2D eigenvalue weighted by molar-refractivity contribution is 0.101. The summed E-state index contributed by atoms with van der Waals surface area (Å²) in [7, 11) is 0. The second kappa shape index (κ2) is 3.88. The molecule has 13 heavy (non-hydrogen) atoms. The van der Waals surface area contributed by atoms with Crippen LogP contribution in [0.4, 0.5) is 4.39 Å². The van der Waals surface area contributed by atoms with Gasteiger partial charge in [-0.2, -0.15) is 0 Å². The fraction of sp³-hybridized carbons (Fsp3) is 0.300. The van der Waals surface area contributed by atoms with Gasteiger partial charge in [0, 0.05) is 5.56 Å². The molecule has 0 radical (unpaired) electrons. The molecule has 1 unspecified atom stereocenters. The molecule has 0 aromatic heterocycles. The van der Waals surface area contributed by atoms with Crippen molar-refractivity contribution in [2.45, 2.75) is 20.0 Å². The monoisotopic (exact) mass is 200 g/mol. The highest BCUT2D eigenvalue weighted by atomic mass is 35.5. The van der Waals surface area contributed by atoms with E-state index in [1.54, 1.807) is 12.1 Å². The molecule has 0 bridgehead atoms. The van der Waals surface area contributed by atoms with Crippen molar-refractivity contribution in [3.8, 4) is 0 Å². The van der Waals surface area contributed by atoms with Gasteiger partial charge in [-0.05, 0) is 31.5 Å². The predicted octanol–water partition coefficient (Wildman–Crippen LogP) is 3.57. The number of ketones is 1. The third-order valence-electron chi connectivity index (χ3n) is 1.83. The van der Waals surface area contributed by atoms with Gasteiger partial charge in [-0.15, -0.1) is 0 Å². The van der Waals surface area contributed by atoms with E-state index in [0.717, 1.165) is 0 Å². The summed E-state index contributed by atoms with van der Waals surface area (Å²) in [5.41, 5.74) is 0.932. The van der Waals surface area contributed by atoms with Crippen LogP contribution >= 0.6 is 11.6 Å². The number of alkyl halides is 1. The molecule has 0 spiro atoms. The van der Waals surface area contributed by atoms with Gasteiger partial charge in [0.1, 0.15) is 6.17 Å². The number of hydrogen-bond donors (Lipinski definition) is 0. The highest BCUT2D eigenvalue weighted by Gasteiger charge is 2.09. The molecule has 1 aromatic carbocycles. The normalized spacial score (nSPS) is 12.6. The van der Waals surface area contributed by atoms with Crippen LogP contribution in [-0.2, 0) is 0 Å². The first-order valence-electron chi connectivity index (χ1n) is 3.97. The molecule has 1 rings (SSSR count). The maximum atomic E-state index is 12.8. The Morgan fingerprint density at radius 1 is 1.54 bits per heavy atom. The van der Waals surface area contributed by atoms with E-state index in [0.29, 0.717) is 16.1 Å². The second-order valence-electron chi connectivity index (χ2n) is 2.91. The Bertz CT molecular complexity index is 334. The van der Waals surface area contributed by atoms with E-state index in [9.17, 15) is 9.18 Å². The molecule has 1 atom stereocenters. The van der Waals surface area contributed by atoms with Crippen molar-refractivity contribution < 1.29 is 9.18 Å². The Balaban J connectivity index is 3.13. The SMILES string of the molecule is CC(=O)c1ccc(C(C)F)cc1Cl. The third kappa shape index (κ3) is 2.28. The Kier molecular flexibility index (Phi) is 3.04. The molecule has 0 fully saturated rings. The molecule has 0 amide bonds. The Labute approximate surface area is 81.5 Å². The van der Waals surface area contributed by atoms with Gasteiger partial charge in [-0.1, -0.05) is 17.7 Å². The zero-order chi connectivity index (χ0) is 10.0. The first kappa shape index (κ1) is 10.2. The number of benzene rings is 1. The Morgan fingerprint density at radius 3 is 2.54 bits per heavy atom. The Hall–Kier alpha value is -0.890. The minimum Gasteiger partial charge on any atom is -0.294 e. The van der Waals surface area contributed by atoms with E-state index in [2.05, 4.69) is 0 Å². The quantitative estimate of drug-likeness (QED) is 0.667. The van der Waals surface area contributed by atoms with Crippen LogP contribution in [0.25, 0.3) is 0 Å². The van der Waals surface area contributed by atoms with Crippen LogP contribution in [0.3, 0.4) is 0 Å². The van der Waals surface area contributed by atoms with Crippen LogP contribution in [0, 0.1) is 0 Å². The lowest BCUT2D eigenvalue weighted by Crippen LogP contribution is -1.95. The maximum absolute atomic E-state index is 12.8. The molecular formula is C10H10ClFO. The van der Waals surface area contributed by atoms with Gasteiger partial charge in [0.05, 0.1) is 5.02 Å². The fourth-order valence-electron chi connectivity index (χ4n) is 1.06. The number of rotatable bonds is 2.